The lowest BCUT2D eigenvalue weighted by Crippen LogP contribution is -2.39. The van der Waals surface area contributed by atoms with Crippen molar-refractivity contribution in [3.05, 3.63) is 38.7 Å². The lowest BCUT2D eigenvalue weighted by Gasteiger charge is -2.31. The molecule has 3 aliphatic heterocycles. The average Bonchev–Trinajstić information content (AvgIpc) is 3.23. The highest BCUT2D eigenvalue weighted by Gasteiger charge is 2.35. The van der Waals surface area contributed by atoms with Crippen LogP contribution in [0.1, 0.15) is 46.4 Å². The first-order valence-corrected chi connectivity index (χ1v) is 10.3. The first-order chi connectivity index (χ1) is 13.0. The second-order valence-corrected chi connectivity index (χ2v) is 8.81. The first kappa shape index (κ1) is 17.2. The fourth-order valence-corrected chi connectivity index (χ4v) is 5.45. The van der Waals surface area contributed by atoms with Crippen LogP contribution < -0.4 is 20.1 Å². The Balaban J connectivity index is 1.48. The number of carbonyl (C=O) groups is 1. The zero-order valence-corrected chi connectivity index (χ0v) is 16.7. The molecule has 1 aromatic carbocycles. The van der Waals surface area contributed by atoms with E-state index >= 15 is 0 Å². The SMILES string of the molecule is CC(C)N1CCc2c(sc3c2C(=O)N[C@H](c2cc4c(cc2Cl)OCO4)N3)C1. The van der Waals surface area contributed by atoms with Crippen molar-refractivity contribution < 1.29 is 14.3 Å². The summed E-state index contributed by atoms with van der Waals surface area (Å²) in [6, 6.07) is 4.07. The van der Waals surface area contributed by atoms with Crippen LogP contribution in [0.5, 0.6) is 11.5 Å². The van der Waals surface area contributed by atoms with Crippen LogP contribution in [0.25, 0.3) is 0 Å². The number of rotatable bonds is 2. The third-order valence-corrected chi connectivity index (χ3v) is 6.87. The highest BCUT2D eigenvalue weighted by atomic mass is 35.5. The zero-order chi connectivity index (χ0) is 18.7. The van der Waals surface area contributed by atoms with Gasteiger partial charge in [0.1, 0.15) is 11.2 Å². The van der Waals surface area contributed by atoms with Crippen molar-refractivity contribution in [3.63, 3.8) is 0 Å². The van der Waals surface area contributed by atoms with Crippen LogP contribution in [0.15, 0.2) is 12.1 Å². The number of amides is 1. The van der Waals surface area contributed by atoms with Crippen LogP contribution >= 0.6 is 22.9 Å². The molecule has 0 unspecified atom stereocenters. The van der Waals surface area contributed by atoms with Crippen LogP contribution in [-0.4, -0.2) is 30.2 Å². The van der Waals surface area contributed by atoms with Gasteiger partial charge in [-0.1, -0.05) is 11.6 Å². The number of carbonyl (C=O) groups excluding carboxylic acids is 1. The van der Waals surface area contributed by atoms with E-state index in [4.69, 9.17) is 21.1 Å². The van der Waals surface area contributed by atoms with Crippen molar-refractivity contribution in [1.29, 1.82) is 0 Å². The Morgan fingerprint density at radius 3 is 2.81 bits per heavy atom. The van der Waals surface area contributed by atoms with Gasteiger partial charge < -0.3 is 20.1 Å². The third-order valence-electron chi connectivity index (χ3n) is 5.40. The van der Waals surface area contributed by atoms with Crippen molar-refractivity contribution in [2.45, 2.75) is 39.0 Å². The van der Waals surface area contributed by atoms with Gasteiger partial charge in [-0.3, -0.25) is 9.69 Å². The Morgan fingerprint density at radius 2 is 2.04 bits per heavy atom. The van der Waals surface area contributed by atoms with E-state index in [0.717, 1.165) is 35.6 Å². The maximum Gasteiger partial charge on any atom is 0.256 e. The quantitative estimate of drug-likeness (QED) is 0.796. The third kappa shape index (κ3) is 2.76. The fourth-order valence-electron chi connectivity index (χ4n) is 3.89. The molecule has 1 atom stereocenters. The molecule has 142 valence electrons. The van der Waals surface area contributed by atoms with Gasteiger partial charge in [-0.2, -0.15) is 0 Å². The summed E-state index contributed by atoms with van der Waals surface area (Å²) in [5.74, 6) is 1.24. The van der Waals surface area contributed by atoms with Gasteiger partial charge in [0, 0.05) is 35.6 Å². The lowest BCUT2D eigenvalue weighted by molar-refractivity contribution is 0.0934. The second kappa shape index (κ2) is 6.29. The van der Waals surface area contributed by atoms with E-state index in [9.17, 15) is 4.79 Å². The number of nitrogens with one attached hydrogen (secondary N) is 2. The van der Waals surface area contributed by atoms with Crippen molar-refractivity contribution in [2.24, 2.45) is 0 Å². The van der Waals surface area contributed by atoms with E-state index in [-0.39, 0.29) is 12.7 Å². The van der Waals surface area contributed by atoms with E-state index < -0.39 is 6.17 Å². The number of anilines is 1. The molecule has 27 heavy (non-hydrogen) atoms. The summed E-state index contributed by atoms with van der Waals surface area (Å²) in [7, 11) is 0. The molecule has 0 radical (unpaired) electrons. The molecule has 2 N–H and O–H groups in total. The van der Waals surface area contributed by atoms with Gasteiger partial charge in [0.15, 0.2) is 11.5 Å². The van der Waals surface area contributed by atoms with Gasteiger partial charge in [0.25, 0.3) is 5.91 Å². The number of hydrogen-bond donors (Lipinski definition) is 2. The zero-order valence-electron chi connectivity index (χ0n) is 15.1. The van der Waals surface area contributed by atoms with E-state index in [2.05, 4.69) is 29.4 Å². The number of fused-ring (bicyclic) bond motifs is 4. The number of benzene rings is 1. The molecular formula is C19H20ClN3O3S. The number of ether oxygens (including phenoxy) is 2. The molecule has 4 heterocycles. The summed E-state index contributed by atoms with van der Waals surface area (Å²) in [5.41, 5.74) is 2.76. The fraction of sp³-hybridized carbons (Fsp3) is 0.421. The van der Waals surface area contributed by atoms with Gasteiger partial charge in [0.2, 0.25) is 6.79 Å². The van der Waals surface area contributed by atoms with Gasteiger partial charge in [-0.25, -0.2) is 0 Å². The summed E-state index contributed by atoms with van der Waals surface area (Å²) < 4.78 is 10.8. The standard InChI is InChI=1S/C19H20ClN3O3S/c1-9(2)23-4-3-10-15(7-23)27-19-16(10)18(24)21-17(22-19)11-5-13-14(6-12(11)20)26-8-25-13/h5-6,9,17,22H,3-4,7-8H2,1-2H3,(H,21,24)/t17-/m0/s1. The van der Waals surface area contributed by atoms with Gasteiger partial charge in [0.05, 0.1) is 10.6 Å². The molecule has 1 amide bonds. The van der Waals surface area contributed by atoms with Crippen LogP contribution in [0.2, 0.25) is 5.02 Å². The predicted molar refractivity (Wildman–Crippen MR) is 105 cm³/mol. The smallest absolute Gasteiger partial charge is 0.256 e. The van der Waals surface area contributed by atoms with Gasteiger partial charge >= 0.3 is 0 Å². The van der Waals surface area contributed by atoms with Crippen LogP contribution in [0.4, 0.5) is 5.00 Å². The summed E-state index contributed by atoms with van der Waals surface area (Å²) in [6.45, 7) is 6.49. The minimum atomic E-state index is -0.395. The molecule has 0 spiro atoms. The second-order valence-electron chi connectivity index (χ2n) is 7.30. The Morgan fingerprint density at radius 1 is 1.26 bits per heavy atom. The number of hydrogen-bond acceptors (Lipinski definition) is 6. The molecule has 3 aliphatic rings. The van der Waals surface area contributed by atoms with Crippen molar-refractivity contribution >= 4 is 33.8 Å². The Hall–Kier alpha value is -1.96. The minimum Gasteiger partial charge on any atom is -0.454 e. The molecule has 0 aliphatic carbocycles. The molecule has 0 saturated heterocycles. The maximum absolute atomic E-state index is 12.9. The van der Waals surface area contributed by atoms with Crippen molar-refractivity contribution in [3.8, 4) is 11.5 Å². The molecule has 0 bridgehead atoms. The van der Waals surface area contributed by atoms with Gasteiger partial charge in [-0.05, 0) is 31.9 Å². The molecule has 5 rings (SSSR count). The highest BCUT2D eigenvalue weighted by Crippen LogP contribution is 2.44. The topological polar surface area (TPSA) is 62.8 Å². The van der Waals surface area contributed by atoms with E-state index in [0.29, 0.717) is 22.6 Å². The van der Waals surface area contributed by atoms with Gasteiger partial charge in [-0.15, -0.1) is 11.3 Å². The summed E-state index contributed by atoms with van der Waals surface area (Å²) >= 11 is 8.12. The summed E-state index contributed by atoms with van der Waals surface area (Å²) in [6.07, 6.45) is 0.512. The molecular weight excluding hydrogens is 386 g/mol. The molecule has 1 aromatic heterocycles. The Labute approximate surface area is 166 Å². The average molecular weight is 406 g/mol. The van der Waals surface area contributed by atoms with E-state index in [1.807, 2.05) is 6.07 Å². The Kier molecular flexibility index (Phi) is 4.00. The first-order valence-electron chi connectivity index (χ1n) is 9.06. The monoisotopic (exact) mass is 405 g/mol. The predicted octanol–water partition coefficient (Wildman–Crippen LogP) is 3.75. The Bertz CT molecular complexity index is 943. The molecule has 6 nitrogen and oxygen atoms in total. The van der Waals surface area contributed by atoms with Crippen molar-refractivity contribution in [1.82, 2.24) is 10.2 Å². The lowest BCUT2D eigenvalue weighted by atomic mass is 9.99. The largest absolute Gasteiger partial charge is 0.454 e. The summed E-state index contributed by atoms with van der Waals surface area (Å²) in [5, 5.41) is 7.98. The van der Waals surface area contributed by atoms with Crippen molar-refractivity contribution in [2.75, 3.05) is 18.7 Å². The molecule has 0 fully saturated rings. The number of thiophene rings is 1. The van der Waals surface area contributed by atoms with Crippen LogP contribution in [-0.2, 0) is 13.0 Å². The van der Waals surface area contributed by atoms with Crippen LogP contribution in [0.3, 0.4) is 0 Å². The molecule has 0 saturated carbocycles. The summed E-state index contributed by atoms with van der Waals surface area (Å²) in [4.78, 5) is 16.6. The maximum atomic E-state index is 12.9. The number of halogens is 1. The number of nitrogens with zero attached hydrogens (tertiary/aromatic N) is 1. The molecule has 8 heteroatoms. The highest BCUT2D eigenvalue weighted by molar-refractivity contribution is 7.16. The molecule has 2 aromatic rings. The van der Waals surface area contributed by atoms with E-state index in [1.165, 1.54) is 10.4 Å². The van der Waals surface area contributed by atoms with E-state index in [1.54, 1.807) is 17.4 Å². The normalized spacial score (nSPS) is 20.9. The minimum absolute atomic E-state index is 0.0435. The van der Waals surface area contributed by atoms with Crippen LogP contribution in [0, 0.1) is 0 Å².